The Labute approximate surface area is 146 Å². The first-order chi connectivity index (χ1) is 12.2. The molecule has 6 heteroatoms. The highest BCUT2D eigenvalue weighted by molar-refractivity contribution is 5.95. The Bertz CT molecular complexity index is 688. The van der Waals surface area contributed by atoms with Gasteiger partial charge in [-0.15, -0.1) is 0 Å². The van der Waals surface area contributed by atoms with Crippen LogP contribution < -0.4 is 0 Å². The van der Waals surface area contributed by atoms with Gasteiger partial charge in [-0.3, -0.25) is 19.4 Å². The number of amides is 2. The van der Waals surface area contributed by atoms with Gasteiger partial charge in [0.2, 0.25) is 0 Å². The Morgan fingerprint density at radius 1 is 0.560 bits per heavy atom. The third kappa shape index (κ3) is 3.26. The average molecular weight is 336 g/mol. The van der Waals surface area contributed by atoms with Crippen molar-refractivity contribution in [1.82, 2.24) is 19.6 Å². The molecule has 2 saturated heterocycles. The summed E-state index contributed by atoms with van der Waals surface area (Å²) >= 11 is 0. The monoisotopic (exact) mass is 336 g/mol. The second-order valence-corrected chi connectivity index (χ2v) is 6.47. The van der Waals surface area contributed by atoms with Crippen LogP contribution in [0.15, 0.2) is 60.7 Å². The van der Waals surface area contributed by atoms with E-state index in [9.17, 15) is 9.59 Å². The van der Waals surface area contributed by atoms with E-state index in [1.165, 1.54) is 0 Å². The molecule has 2 fully saturated rings. The standard InChI is InChI=1S/C19H20N4O2/c24-18(16-7-3-1-4-8-16)22-12-20-11-21(13-22)15-23(14-20)19(25)17-9-5-2-6-10-17/h1-10H,11-15H2. The van der Waals surface area contributed by atoms with Crippen LogP contribution in [0.5, 0.6) is 0 Å². The molecule has 2 heterocycles. The molecule has 6 nitrogen and oxygen atoms in total. The number of benzene rings is 2. The van der Waals surface area contributed by atoms with Crippen LogP contribution in [0.3, 0.4) is 0 Å². The predicted molar refractivity (Wildman–Crippen MR) is 93.2 cm³/mol. The van der Waals surface area contributed by atoms with Gasteiger partial charge in [-0.05, 0) is 24.3 Å². The van der Waals surface area contributed by atoms with Crippen molar-refractivity contribution in [3.05, 3.63) is 71.8 Å². The first kappa shape index (κ1) is 15.8. The summed E-state index contributed by atoms with van der Waals surface area (Å²) in [5.74, 6) is 0.0521. The molecule has 0 aliphatic carbocycles. The van der Waals surface area contributed by atoms with Crippen LogP contribution >= 0.6 is 0 Å². The quantitative estimate of drug-likeness (QED) is 0.837. The molecule has 128 valence electrons. The molecular formula is C19H20N4O2. The molecule has 2 bridgehead atoms. The number of carbonyl (C=O) groups is 2. The third-order valence-electron chi connectivity index (χ3n) is 4.50. The largest absolute Gasteiger partial charge is 0.312 e. The van der Waals surface area contributed by atoms with Crippen molar-refractivity contribution in [3.8, 4) is 0 Å². The van der Waals surface area contributed by atoms with Crippen LogP contribution in [-0.4, -0.2) is 64.8 Å². The Balaban J connectivity index is 1.45. The average Bonchev–Trinajstić information content (AvgIpc) is 2.67. The summed E-state index contributed by atoms with van der Waals surface area (Å²) in [6.45, 7) is 2.90. The molecule has 0 saturated carbocycles. The zero-order chi connectivity index (χ0) is 17.2. The highest BCUT2D eigenvalue weighted by Gasteiger charge is 2.34. The van der Waals surface area contributed by atoms with Crippen LogP contribution in [0.2, 0.25) is 0 Å². The van der Waals surface area contributed by atoms with Crippen molar-refractivity contribution < 1.29 is 9.59 Å². The van der Waals surface area contributed by atoms with E-state index in [1.54, 1.807) is 0 Å². The van der Waals surface area contributed by atoms with Crippen LogP contribution in [-0.2, 0) is 0 Å². The minimum absolute atomic E-state index is 0.0261. The minimum Gasteiger partial charge on any atom is -0.312 e. The van der Waals surface area contributed by atoms with Gasteiger partial charge in [0.25, 0.3) is 11.8 Å². The molecule has 2 amide bonds. The lowest BCUT2D eigenvalue weighted by molar-refractivity contribution is -0.0958. The van der Waals surface area contributed by atoms with Crippen molar-refractivity contribution in [2.24, 2.45) is 0 Å². The summed E-state index contributed by atoms with van der Waals surface area (Å²) in [5, 5.41) is 0. The highest BCUT2D eigenvalue weighted by Crippen LogP contribution is 2.18. The normalized spacial score (nSPS) is 22.6. The van der Waals surface area contributed by atoms with E-state index >= 15 is 0 Å². The van der Waals surface area contributed by atoms with E-state index in [2.05, 4.69) is 9.80 Å². The van der Waals surface area contributed by atoms with Gasteiger partial charge in [0.05, 0.1) is 33.3 Å². The number of nitrogens with zero attached hydrogens (tertiary/aromatic N) is 4. The van der Waals surface area contributed by atoms with Gasteiger partial charge in [-0.25, -0.2) is 0 Å². The van der Waals surface area contributed by atoms with Crippen LogP contribution in [0.4, 0.5) is 0 Å². The minimum atomic E-state index is 0.0261. The van der Waals surface area contributed by atoms with Gasteiger partial charge < -0.3 is 9.80 Å². The first-order valence-electron chi connectivity index (χ1n) is 8.34. The number of hydrogen-bond acceptors (Lipinski definition) is 4. The fourth-order valence-electron chi connectivity index (χ4n) is 3.39. The maximum absolute atomic E-state index is 12.7. The maximum Gasteiger partial charge on any atom is 0.255 e. The lowest BCUT2D eigenvalue weighted by Gasteiger charge is -2.49. The predicted octanol–water partition coefficient (Wildman–Crippen LogP) is 1.69. The molecule has 25 heavy (non-hydrogen) atoms. The van der Waals surface area contributed by atoms with Crippen molar-refractivity contribution in [3.63, 3.8) is 0 Å². The third-order valence-corrected chi connectivity index (χ3v) is 4.50. The van der Waals surface area contributed by atoms with Gasteiger partial charge in [-0.1, -0.05) is 36.4 Å². The van der Waals surface area contributed by atoms with E-state index in [0.29, 0.717) is 37.8 Å². The van der Waals surface area contributed by atoms with Crippen molar-refractivity contribution in [2.45, 2.75) is 0 Å². The lowest BCUT2D eigenvalue weighted by atomic mass is 10.2. The van der Waals surface area contributed by atoms with Gasteiger partial charge in [-0.2, -0.15) is 0 Å². The summed E-state index contributed by atoms with van der Waals surface area (Å²) in [5.41, 5.74) is 1.39. The van der Waals surface area contributed by atoms with Crippen molar-refractivity contribution in [1.29, 1.82) is 0 Å². The summed E-state index contributed by atoms with van der Waals surface area (Å²) in [4.78, 5) is 33.2. The summed E-state index contributed by atoms with van der Waals surface area (Å²) < 4.78 is 0. The van der Waals surface area contributed by atoms with Crippen molar-refractivity contribution >= 4 is 11.8 Å². The fourth-order valence-corrected chi connectivity index (χ4v) is 3.39. The number of hydrogen-bond donors (Lipinski definition) is 0. The van der Waals surface area contributed by atoms with Crippen LogP contribution in [0.1, 0.15) is 20.7 Å². The smallest absolute Gasteiger partial charge is 0.255 e. The zero-order valence-electron chi connectivity index (χ0n) is 13.9. The summed E-state index contributed by atoms with van der Waals surface area (Å²) in [7, 11) is 0. The molecule has 2 aliphatic heterocycles. The Morgan fingerprint density at radius 3 is 1.28 bits per heavy atom. The SMILES string of the molecule is O=C(c1ccccc1)N1CN2CN(C1)CN(C(=O)c1ccccc1)C2. The maximum atomic E-state index is 12.7. The number of carbonyl (C=O) groups excluding carboxylic acids is 2. The van der Waals surface area contributed by atoms with Gasteiger partial charge in [0.15, 0.2) is 0 Å². The number of fused-ring (bicyclic) bond motifs is 2. The summed E-state index contributed by atoms with van der Waals surface area (Å²) in [6.07, 6.45) is 0. The second kappa shape index (κ2) is 6.66. The molecule has 0 unspecified atom stereocenters. The molecule has 2 aromatic carbocycles. The lowest BCUT2D eigenvalue weighted by Crippen LogP contribution is -2.65. The van der Waals surface area contributed by atoms with Crippen LogP contribution in [0.25, 0.3) is 0 Å². The van der Waals surface area contributed by atoms with Gasteiger partial charge in [0.1, 0.15) is 0 Å². The molecule has 2 aliphatic rings. The summed E-state index contributed by atoms with van der Waals surface area (Å²) in [6, 6.07) is 18.6. The van der Waals surface area contributed by atoms with Gasteiger partial charge in [0, 0.05) is 11.1 Å². The van der Waals surface area contributed by atoms with E-state index in [4.69, 9.17) is 0 Å². The molecule has 0 atom stereocenters. The Kier molecular flexibility index (Phi) is 4.21. The van der Waals surface area contributed by atoms with Crippen molar-refractivity contribution in [2.75, 3.05) is 33.3 Å². The Hall–Kier alpha value is -2.70. The molecule has 0 radical (unpaired) electrons. The first-order valence-corrected chi connectivity index (χ1v) is 8.34. The number of rotatable bonds is 2. The molecule has 0 spiro atoms. The Morgan fingerprint density at radius 2 is 0.920 bits per heavy atom. The van der Waals surface area contributed by atoms with Gasteiger partial charge >= 0.3 is 0 Å². The molecule has 0 aromatic heterocycles. The molecular weight excluding hydrogens is 316 g/mol. The topological polar surface area (TPSA) is 47.1 Å². The second-order valence-electron chi connectivity index (χ2n) is 6.47. The molecule has 2 aromatic rings. The fraction of sp³-hybridized carbons (Fsp3) is 0.263. The zero-order valence-corrected chi connectivity index (χ0v) is 13.9. The van der Waals surface area contributed by atoms with E-state index in [1.807, 2.05) is 70.5 Å². The van der Waals surface area contributed by atoms with E-state index in [0.717, 1.165) is 6.67 Å². The van der Waals surface area contributed by atoms with Crippen LogP contribution in [0, 0.1) is 0 Å². The molecule has 4 rings (SSSR count). The molecule has 0 N–H and O–H groups in total. The van der Waals surface area contributed by atoms with E-state index in [-0.39, 0.29) is 11.8 Å². The van der Waals surface area contributed by atoms with E-state index < -0.39 is 0 Å². The highest BCUT2D eigenvalue weighted by atomic mass is 16.2.